The normalized spacial score (nSPS) is 35.3. The molecule has 0 amide bonds. The number of aliphatic hydroxyl groups is 1. The molecule has 1 saturated heterocycles. The first-order chi connectivity index (χ1) is 24.2. The highest BCUT2D eigenvalue weighted by molar-refractivity contribution is 6.00. The fourth-order valence-electron chi connectivity index (χ4n) is 9.65. The van der Waals surface area contributed by atoms with Gasteiger partial charge >= 0.3 is 35.8 Å². The van der Waals surface area contributed by atoms with Crippen LogP contribution >= 0.6 is 0 Å². The Labute approximate surface area is 299 Å². The number of furan rings is 1. The number of fused-ring (bicyclic) bond motifs is 5. The van der Waals surface area contributed by atoms with Crippen LogP contribution in [-0.2, 0) is 62.0 Å². The Bertz CT molecular complexity index is 1750. The molecule has 0 radical (unpaired) electrons. The van der Waals surface area contributed by atoms with Crippen molar-refractivity contribution in [1.82, 2.24) is 0 Å². The molecule has 1 aromatic rings. The number of carbonyl (C=O) groups excluding carboxylic acids is 7. The number of esters is 6. The standard InChI is InChI=1S/C37H44O15/c1-10-11-22(41)51-33-34(5,6)27(26(30(42)46-9)49-18(3)39)36(8)21-12-14-35(7)24(23(21)29(50-19(4)40)37(33,45)32(36)44)25(48-17(2)38)31(43)52-28(35)20-13-15-47-16-20/h10-11,13,15-16,21,25-29,33,45H,12,14H2,1-9H3/t21-,25+,26-,27-,28-,29-,33-,35+,36+,37-/m1/s1. The van der Waals surface area contributed by atoms with Crippen LogP contribution in [0.3, 0.4) is 0 Å². The van der Waals surface area contributed by atoms with Gasteiger partial charge in [-0.3, -0.25) is 19.2 Å². The number of hydrogen-bond donors (Lipinski definition) is 1. The number of carbonyl (C=O) groups is 7. The third kappa shape index (κ3) is 5.64. The number of ketones is 1. The minimum Gasteiger partial charge on any atom is -0.472 e. The lowest BCUT2D eigenvalue weighted by Gasteiger charge is -2.67. The van der Waals surface area contributed by atoms with Gasteiger partial charge in [0.15, 0.2) is 11.9 Å². The summed E-state index contributed by atoms with van der Waals surface area (Å²) in [6.45, 7) is 11.1. The van der Waals surface area contributed by atoms with E-state index in [-0.39, 0.29) is 24.0 Å². The molecule has 5 rings (SSSR count). The SMILES string of the molecule is CC=CC(=O)O[C@@H]1C(C)(C)[C@@H]([C@@H](OC(C)=O)C(=O)OC)[C@@]2(C)C(=O)[C@]1(O)[C@H](OC(C)=O)C1=C3[C@H](OC(C)=O)C(=O)O[C@H](c4ccoc4)[C@@]3(C)CC[C@H]12. The maximum Gasteiger partial charge on any atom is 0.352 e. The van der Waals surface area contributed by atoms with E-state index in [1.807, 2.05) is 0 Å². The molecule has 52 heavy (non-hydrogen) atoms. The molecule has 4 aliphatic rings. The summed E-state index contributed by atoms with van der Waals surface area (Å²) in [7, 11) is 1.07. The summed E-state index contributed by atoms with van der Waals surface area (Å²) >= 11 is 0. The summed E-state index contributed by atoms with van der Waals surface area (Å²) in [6, 6.07) is 1.59. The Morgan fingerprint density at radius 1 is 0.981 bits per heavy atom. The van der Waals surface area contributed by atoms with E-state index in [0.29, 0.717) is 5.56 Å². The summed E-state index contributed by atoms with van der Waals surface area (Å²) in [6.07, 6.45) is -2.87. The van der Waals surface area contributed by atoms with Gasteiger partial charge < -0.3 is 37.9 Å². The lowest BCUT2D eigenvalue weighted by molar-refractivity contribution is -0.267. The molecular weight excluding hydrogens is 684 g/mol. The first-order valence-corrected chi connectivity index (χ1v) is 16.9. The highest BCUT2D eigenvalue weighted by Gasteiger charge is 2.80. The minimum atomic E-state index is -2.88. The van der Waals surface area contributed by atoms with Crippen LogP contribution in [0.4, 0.5) is 0 Å². The molecule has 2 saturated carbocycles. The molecule has 0 aromatic carbocycles. The minimum absolute atomic E-state index is 0.0453. The number of rotatable bonds is 8. The second-order valence-corrected chi connectivity index (χ2v) is 14.8. The van der Waals surface area contributed by atoms with Crippen LogP contribution in [0, 0.1) is 28.1 Å². The van der Waals surface area contributed by atoms with Gasteiger partial charge in [0.1, 0.15) is 12.2 Å². The first-order valence-electron chi connectivity index (χ1n) is 16.9. The smallest absolute Gasteiger partial charge is 0.352 e. The molecule has 15 nitrogen and oxygen atoms in total. The zero-order valence-electron chi connectivity index (χ0n) is 30.5. The van der Waals surface area contributed by atoms with Crippen LogP contribution in [0.1, 0.15) is 79.9 Å². The molecule has 0 spiro atoms. The van der Waals surface area contributed by atoms with E-state index in [4.69, 9.17) is 32.8 Å². The summed E-state index contributed by atoms with van der Waals surface area (Å²) in [5.74, 6) is -9.08. The van der Waals surface area contributed by atoms with E-state index in [1.54, 1.807) is 13.0 Å². The Kier molecular flexibility index (Phi) is 9.85. The van der Waals surface area contributed by atoms with Crippen LogP contribution in [0.2, 0.25) is 0 Å². The monoisotopic (exact) mass is 728 g/mol. The molecule has 282 valence electrons. The number of Topliss-reactive ketones (excluding diaryl/α,β-unsaturated/α-hetero) is 1. The second kappa shape index (κ2) is 13.3. The van der Waals surface area contributed by atoms with Gasteiger partial charge in [0.2, 0.25) is 17.8 Å². The lowest BCUT2D eigenvalue weighted by Crippen LogP contribution is -2.81. The molecule has 2 bridgehead atoms. The number of methoxy groups -OCH3 is 1. The molecule has 3 fully saturated rings. The van der Waals surface area contributed by atoms with Crippen molar-refractivity contribution in [3.05, 3.63) is 47.5 Å². The summed E-state index contributed by atoms with van der Waals surface area (Å²) < 4.78 is 39.4. The lowest BCUT2D eigenvalue weighted by atomic mass is 9.38. The van der Waals surface area contributed by atoms with Crippen molar-refractivity contribution in [3.63, 3.8) is 0 Å². The number of hydrogen-bond acceptors (Lipinski definition) is 15. The zero-order chi connectivity index (χ0) is 38.7. The van der Waals surface area contributed by atoms with E-state index < -0.39 is 106 Å². The fourth-order valence-corrected chi connectivity index (χ4v) is 9.65. The van der Waals surface area contributed by atoms with E-state index >= 15 is 4.79 Å². The quantitative estimate of drug-likeness (QED) is 0.177. The second-order valence-electron chi connectivity index (χ2n) is 14.8. The van der Waals surface area contributed by atoms with Gasteiger partial charge in [-0.25, -0.2) is 14.4 Å². The first kappa shape index (κ1) is 38.4. The molecule has 0 unspecified atom stereocenters. The largest absolute Gasteiger partial charge is 0.472 e. The van der Waals surface area contributed by atoms with Crippen molar-refractivity contribution in [3.8, 4) is 0 Å². The van der Waals surface area contributed by atoms with Crippen LogP contribution in [0.5, 0.6) is 0 Å². The Hall–Kier alpha value is -4.79. The predicted molar refractivity (Wildman–Crippen MR) is 174 cm³/mol. The average molecular weight is 729 g/mol. The maximum absolute atomic E-state index is 15.3. The van der Waals surface area contributed by atoms with Gasteiger partial charge in [0, 0.05) is 54.6 Å². The molecule has 15 heteroatoms. The van der Waals surface area contributed by atoms with Gasteiger partial charge in [0.05, 0.1) is 19.6 Å². The summed E-state index contributed by atoms with van der Waals surface area (Å²) in [5.41, 5.74) is -7.01. The number of ether oxygens (including phenoxy) is 6. The zero-order valence-corrected chi connectivity index (χ0v) is 30.5. The molecule has 3 aliphatic carbocycles. The van der Waals surface area contributed by atoms with Gasteiger partial charge in [-0.15, -0.1) is 0 Å². The fraction of sp³-hybridized carbons (Fsp3) is 0.595. The van der Waals surface area contributed by atoms with Crippen LogP contribution < -0.4 is 0 Å². The molecule has 10 atom stereocenters. The van der Waals surface area contributed by atoms with Crippen LogP contribution in [0.25, 0.3) is 0 Å². The van der Waals surface area contributed by atoms with Crippen molar-refractivity contribution in [2.24, 2.45) is 28.1 Å². The average Bonchev–Trinajstić information content (AvgIpc) is 3.59. The van der Waals surface area contributed by atoms with Gasteiger partial charge in [-0.2, -0.15) is 0 Å². The third-order valence-corrected chi connectivity index (χ3v) is 11.3. The Balaban J connectivity index is 1.96. The van der Waals surface area contributed by atoms with Crippen molar-refractivity contribution < 1.29 is 71.5 Å². The Morgan fingerprint density at radius 3 is 2.17 bits per heavy atom. The van der Waals surface area contributed by atoms with Crippen molar-refractivity contribution in [1.29, 1.82) is 0 Å². The van der Waals surface area contributed by atoms with E-state index in [1.165, 1.54) is 46.3 Å². The number of allylic oxidation sites excluding steroid dienone is 1. The van der Waals surface area contributed by atoms with Gasteiger partial charge in [-0.05, 0) is 42.9 Å². The van der Waals surface area contributed by atoms with E-state index in [2.05, 4.69) is 0 Å². The van der Waals surface area contributed by atoms with E-state index in [0.717, 1.165) is 34.0 Å². The topological polar surface area (TPSA) is 208 Å². The molecular formula is C37H44O15. The van der Waals surface area contributed by atoms with Crippen LogP contribution in [0.15, 0.2) is 46.3 Å². The maximum atomic E-state index is 15.3. The van der Waals surface area contributed by atoms with Crippen molar-refractivity contribution >= 4 is 41.6 Å². The van der Waals surface area contributed by atoms with Crippen molar-refractivity contribution in [2.45, 2.75) is 104 Å². The van der Waals surface area contributed by atoms with Crippen LogP contribution in [-0.4, -0.2) is 83.8 Å². The van der Waals surface area contributed by atoms with Crippen molar-refractivity contribution in [2.75, 3.05) is 7.11 Å². The Morgan fingerprint density at radius 2 is 1.63 bits per heavy atom. The highest BCUT2D eigenvalue weighted by atomic mass is 16.6. The van der Waals surface area contributed by atoms with Gasteiger partial charge in [-0.1, -0.05) is 33.8 Å². The predicted octanol–water partition coefficient (Wildman–Crippen LogP) is 3.02. The van der Waals surface area contributed by atoms with Gasteiger partial charge in [0.25, 0.3) is 0 Å². The molecule has 1 aromatic heterocycles. The third-order valence-electron chi connectivity index (χ3n) is 11.3. The molecule has 2 heterocycles. The summed E-state index contributed by atoms with van der Waals surface area (Å²) in [5, 5.41) is 13.1. The summed E-state index contributed by atoms with van der Waals surface area (Å²) in [4.78, 5) is 94.3. The molecule has 1 aliphatic heterocycles. The number of cyclic esters (lactones) is 1. The molecule has 1 N–H and O–H groups in total. The van der Waals surface area contributed by atoms with E-state index in [9.17, 15) is 33.9 Å². The highest BCUT2D eigenvalue weighted by Crippen LogP contribution is 2.69.